The molecule has 6 heteroatoms. The lowest BCUT2D eigenvalue weighted by atomic mass is 10.2. The first kappa shape index (κ1) is 13.6. The Balaban J connectivity index is 2.19. The number of nitrogens with zero attached hydrogens (tertiary/aromatic N) is 2. The van der Waals surface area contributed by atoms with Crippen LogP contribution in [0.15, 0.2) is 17.6 Å². The van der Waals surface area contributed by atoms with E-state index in [1.54, 1.807) is 16.8 Å². The van der Waals surface area contributed by atoms with Gasteiger partial charge in [-0.3, -0.25) is 4.79 Å². The van der Waals surface area contributed by atoms with Crippen LogP contribution in [0.3, 0.4) is 0 Å². The number of amides is 1. The zero-order chi connectivity index (χ0) is 14.0. The molecule has 0 radical (unpaired) electrons. The number of anilines is 2. The zero-order valence-electron chi connectivity index (χ0n) is 11.3. The zero-order valence-corrected chi connectivity index (χ0v) is 12.1. The van der Waals surface area contributed by atoms with E-state index in [0.717, 1.165) is 15.9 Å². The number of likely N-dealkylation sites (N-methyl/N-ethyl adjacent to an activating group) is 1. The third-order valence-corrected chi connectivity index (χ3v) is 3.55. The molecule has 0 aliphatic rings. The van der Waals surface area contributed by atoms with Gasteiger partial charge in [-0.15, -0.1) is 11.3 Å². The van der Waals surface area contributed by atoms with Gasteiger partial charge in [0.1, 0.15) is 5.52 Å². The summed E-state index contributed by atoms with van der Waals surface area (Å²) in [5.41, 5.74) is 10.1. The predicted octanol–water partition coefficient (Wildman–Crippen LogP) is 1.84. The maximum absolute atomic E-state index is 11.8. The van der Waals surface area contributed by atoms with Crippen molar-refractivity contribution in [1.82, 2.24) is 10.3 Å². The van der Waals surface area contributed by atoms with Crippen LogP contribution in [0.5, 0.6) is 0 Å². The van der Waals surface area contributed by atoms with Crippen molar-refractivity contribution < 1.29 is 4.79 Å². The second-order valence-electron chi connectivity index (χ2n) is 4.78. The summed E-state index contributed by atoms with van der Waals surface area (Å²) in [6.45, 7) is 4.15. The van der Waals surface area contributed by atoms with Crippen molar-refractivity contribution in [3.8, 4) is 0 Å². The molecule has 1 heterocycles. The average Bonchev–Trinajstić information content (AvgIpc) is 2.76. The Hall–Kier alpha value is -1.82. The van der Waals surface area contributed by atoms with E-state index in [4.69, 9.17) is 5.73 Å². The number of hydrogen-bond donors (Lipinski definition) is 2. The Morgan fingerprint density at radius 2 is 2.26 bits per heavy atom. The minimum absolute atomic E-state index is 0.0183. The van der Waals surface area contributed by atoms with Crippen LogP contribution in [0.1, 0.15) is 13.8 Å². The van der Waals surface area contributed by atoms with Gasteiger partial charge in [-0.1, -0.05) is 0 Å². The second-order valence-corrected chi connectivity index (χ2v) is 5.66. The van der Waals surface area contributed by atoms with Gasteiger partial charge < -0.3 is 16.0 Å². The summed E-state index contributed by atoms with van der Waals surface area (Å²) in [5.74, 6) is -0.0183. The Morgan fingerprint density at radius 3 is 2.95 bits per heavy atom. The highest BCUT2D eigenvalue weighted by Crippen LogP contribution is 2.31. The highest BCUT2D eigenvalue weighted by atomic mass is 32.1. The lowest BCUT2D eigenvalue weighted by molar-refractivity contribution is -0.120. The summed E-state index contributed by atoms with van der Waals surface area (Å²) in [5, 5.41) is 2.86. The van der Waals surface area contributed by atoms with Gasteiger partial charge in [0.2, 0.25) is 5.91 Å². The second kappa shape index (κ2) is 5.44. The smallest absolute Gasteiger partial charge is 0.239 e. The van der Waals surface area contributed by atoms with E-state index in [9.17, 15) is 4.79 Å². The molecule has 3 N–H and O–H groups in total. The van der Waals surface area contributed by atoms with Crippen molar-refractivity contribution in [3.05, 3.63) is 17.6 Å². The van der Waals surface area contributed by atoms with Gasteiger partial charge in [-0.25, -0.2) is 4.98 Å². The molecular formula is C13H18N4OS. The van der Waals surface area contributed by atoms with Crippen molar-refractivity contribution in [3.63, 3.8) is 0 Å². The van der Waals surface area contributed by atoms with E-state index in [1.807, 2.05) is 37.9 Å². The van der Waals surface area contributed by atoms with Gasteiger partial charge in [-0.05, 0) is 26.0 Å². The van der Waals surface area contributed by atoms with E-state index in [-0.39, 0.29) is 18.5 Å². The largest absolute Gasteiger partial charge is 0.395 e. The van der Waals surface area contributed by atoms with Crippen LogP contribution in [0.25, 0.3) is 10.2 Å². The molecule has 2 aromatic rings. The number of nitrogens with one attached hydrogen (secondary N) is 1. The molecule has 0 atom stereocenters. The summed E-state index contributed by atoms with van der Waals surface area (Å²) in [6, 6.07) is 4.05. The first-order chi connectivity index (χ1) is 8.99. The highest BCUT2D eigenvalue weighted by molar-refractivity contribution is 7.16. The number of carbonyl (C=O) groups excluding carboxylic acids is 1. The monoisotopic (exact) mass is 278 g/mol. The molecule has 102 valence electrons. The Bertz CT molecular complexity index is 593. The van der Waals surface area contributed by atoms with Crippen molar-refractivity contribution in [1.29, 1.82) is 0 Å². The van der Waals surface area contributed by atoms with Crippen LogP contribution in [0, 0.1) is 0 Å². The van der Waals surface area contributed by atoms with Crippen LogP contribution in [0.2, 0.25) is 0 Å². The third kappa shape index (κ3) is 2.96. The van der Waals surface area contributed by atoms with Crippen LogP contribution in [-0.2, 0) is 4.79 Å². The molecule has 1 aromatic heterocycles. The summed E-state index contributed by atoms with van der Waals surface area (Å²) in [6.07, 6.45) is 0. The first-order valence-electron chi connectivity index (χ1n) is 6.11. The van der Waals surface area contributed by atoms with Gasteiger partial charge in [0.05, 0.1) is 28.1 Å². The average molecular weight is 278 g/mol. The Morgan fingerprint density at radius 1 is 1.53 bits per heavy atom. The van der Waals surface area contributed by atoms with E-state index in [0.29, 0.717) is 5.69 Å². The Kier molecular flexibility index (Phi) is 3.90. The molecule has 19 heavy (non-hydrogen) atoms. The molecule has 2 rings (SSSR count). The number of benzene rings is 1. The van der Waals surface area contributed by atoms with Crippen molar-refractivity contribution in [2.75, 3.05) is 24.2 Å². The van der Waals surface area contributed by atoms with Crippen molar-refractivity contribution in [2.45, 2.75) is 19.9 Å². The number of hydrogen-bond acceptors (Lipinski definition) is 5. The van der Waals surface area contributed by atoms with Crippen LogP contribution in [0.4, 0.5) is 11.4 Å². The molecule has 0 unspecified atom stereocenters. The molecule has 0 fully saturated rings. The highest BCUT2D eigenvalue weighted by Gasteiger charge is 2.13. The number of fused-ring (bicyclic) bond motifs is 1. The molecule has 1 aromatic carbocycles. The number of nitrogens with two attached hydrogens (primary N) is 1. The lowest BCUT2D eigenvalue weighted by Crippen LogP contribution is -2.38. The van der Waals surface area contributed by atoms with Gasteiger partial charge in [0.15, 0.2) is 0 Å². The number of carbonyl (C=O) groups is 1. The summed E-state index contributed by atoms with van der Waals surface area (Å²) < 4.78 is 1.06. The molecule has 5 nitrogen and oxygen atoms in total. The number of thiazole rings is 1. The molecule has 0 bridgehead atoms. The number of nitrogen functional groups attached to an aromatic ring is 1. The van der Waals surface area contributed by atoms with Crippen molar-refractivity contribution >= 4 is 38.8 Å². The minimum atomic E-state index is -0.0183. The van der Waals surface area contributed by atoms with Gasteiger partial charge in [0.25, 0.3) is 0 Å². The number of rotatable bonds is 4. The van der Waals surface area contributed by atoms with Gasteiger partial charge in [-0.2, -0.15) is 0 Å². The summed E-state index contributed by atoms with van der Waals surface area (Å²) >= 11 is 1.56. The fraction of sp³-hybridized carbons (Fsp3) is 0.385. The summed E-state index contributed by atoms with van der Waals surface area (Å²) in [7, 11) is 1.85. The van der Waals surface area contributed by atoms with Gasteiger partial charge >= 0.3 is 0 Å². The molecule has 1 amide bonds. The molecule has 0 saturated carbocycles. The quantitative estimate of drug-likeness (QED) is 0.837. The topological polar surface area (TPSA) is 71.2 Å². The van der Waals surface area contributed by atoms with E-state index in [1.165, 1.54) is 0 Å². The molecule has 0 aliphatic carbocycles. The fourth-order valence-electron chi connectivity index (χ4n) is 1.94. The van der Waals surface area contributed by atoms with E-state index in [2.05, 4.69) is 10.3 Å². The van der Waals surface area contributed by atoms with E-state index >= 15 is 0 Å². The van der Waals surface area contributed by atoms with Crippen molar-refractivity contribution in [2.24, 2.45) is 0 Å². The minimum Gasteiger partial charge on any atom is -0.395 e. The third-order valence-electron chi connectivity index (χ3n) is 2.76. The lowest BCUT2D eigenvalue weighted by Gasteiger charge is -2.21. The summed E-state index contributed by atoms with van der Waals surface area (Å²) in [4.78, 5) is 17.8. The maximum Gasteiger partial charge on any atom is 0.239 e. The maximum atomic E-state index is 11.8. The molecule has 0 spiro atoms. The molecule has 0 aliphatic heterocycles. The van der Waals surface area contributed by atoms with Gasteiger partial charge in [0, 0.05) is 13.1 Å². The van der Waals surface area contributed by atoms with Crippen LogP contribution in [-0.4, -0.2) is 30.5 Å². The predicted molar refractivity (Wildman–Crippen MR) is 80.6 cm³/mol. The first-order valence-corrected chi connectivity index (χ1v) is 6.99. The molecular weight excluding hydrogens is 260 g/mol. The normalized spacial score (nSPS) is 10.9. The number of aromatic nitrogens is 1. The fourth-order valence-corrected chi connectivity index (χ4v) is 2.64. The van der Waals surface area contributed by atoms with E-state index < -0.39 is 0 Å². The van der Waals surface area contributed by atoms with Crippen LogP contribution >= 0.6 is 11.3 Å². The SMILES string of the molecule is CC(C)NC(=O)CN(C)c1ccc2scnc2c1N. The molecule has 0 saturated heterocycles. The standard InChI is InChI=1S/C13H18N4OS/c1-8(2)16-11(18)6-17(3)9-4-5-10-13(12(9)14)15-7-19-10/h4-5,7-8H,6,14H2,1-3H3,(H,16,18). The Labute approximate surface area is 116 Å². The van der Waals surface area contributed by atoms with Crippen LogP contribution < -0.4 is 16.0 Å².